The first-order valence-electron chi connectivity index (χ1n) is 33.4. The highest BCUT2D eigenvalue weighted by atomic mass is 16.5. The molecule has 0 aliphatic carbocycles. The van der Waals surface area contributed by atoms with Gasteiger partial charge < -0.3 is 20.3 Å². The van der Waals surface area contributed by atoms with Crippen LogP contribution in [0.25, 0.3) is 0 Å². The van der Waals surface area contributed by atoms with Crippen molar-refractivity contribution in [1.29, 1.82) is 0 Å². The first kappa shape index (κ1) is 72.8. The number of rotatable bonds is 62. The molecule has 0 heterocycles. The number of carbonyl (C=O) groups excluding carboxylic acids is 2. The number of hydrogen-bond donors (Lipinski definition) is 3. The summed E-state index contributed by atoms with van der Waals surface area (Å²) in [6.45, 7) is 4.88. The fourth-order valence-electron chi connectivity index (χ4n) is 10.2. The topological polar surface area (TPSA) is 95.9 Å². The van der Waals surface area contributed by atoms with Gasteiger partial charge in [-0.2, -0.15) is 0 Å². The van der Waals surface area contributed by atoms with Crippen LogP contribution in [-0.4, -0.2) is 47.4 Å². The highest BCUT2D eigenvalue weighted by Gasteiger charge is 2.18. The molecular formula is C69H129NO5. The molecule has 1 amide bonds. The van der Waals surface area contributed by atoms with Gasteiger partial charge in [-0.25, -0.2) is 0 Å². The van der Waals surface area contributed by atoms with Crippen LogP contribution in [0.4, 0.5) is 0 Å². The molecule has 0 aliphatic heterocycles. The lowest BCUT2D eigenvalue weighted by Crippen LogP contribution is -2.45. The Bertz CT molecular complexity index is 1260. The Morgan fingerprint density at radius 1 is 0.373 bits per heavy atom. The van der Waals surface area contributed by atoms with Gasteiger partial charge in [0, 0.05) is 12.8 Å². The Hall–Kier alpha value is -2.18. The Morgan fingerprint density at radius 2 is 0.667 bits per heavy atom. The molecule has 2 unspecified atom stereocenters. The minimum atomic E-state index is -0.853. The SMILES string of the molecule is CCCCC/C=C\C/C=C\CCCCCCCC(=O)OCCCCCCCCCC/C=C\CCCCCCCCCC(=O)NC(CO)C(O)/C=C/CCCCCCCCCCCCCCCCCCCCCCCC. The van der Waals surface area contributed by atoms with Gasteiger partial charge >= 0.3 is 5.97 Å². The number of allylic oxidation sites excluding steroid dienone is 7. The van der Waals surface area contributed by atoms with Gasteiger partial charge in [0.15, 0.2) is 0 Å². The molecule has 2 atom stereocenters. The first-order valence-corrected chi connectivity index (χ1v) is 33.4. The second-order valence-electron chi connectivity index (χ2n) is 22.8. The number of ether oxygens (including phenoxy) is 1. The smallest absolute Gasteiger partial charge is 0.305 e. The number of unbranched alkanes of at least 4 members (excludes halogenated alkanes) is 45. The third-order valence-corrected chi connectivity index (χ3v) is 15.3. The van der Waals surface area contributed by atoms with Gasteiger partial charge in [-0.15, -0.1) is 0 Å². The molecule has 0 aromatic heterocycles. The quantitative estimate of drug-likeness (QED) is 0.0320. The summed E-state index contributed by atoms with van der Waals surface area (Å²) in [5.74, 6) is -0.0858. The van der Waals surface area contributed by atoms with E-state index < -0.39 is 12.1 Å². The van der Waals surface area contributed by atoms with E-state index in [0.29, 0.717) is 19.4 Å². The molecule has 0 aromatic carbocycles. The molecule has 0 aliphatic rings. The predicted octanol–water partition coefficient (Wildman–Crippen LogP) is 21.3. The maximum absolute atomic E-state index is 12.5. The van der Waals surface area contributed by atoms with Crippen molar-refractivity contribution in [3.8, 4) is 0 Å². The van der Waals surface area contributed by atoms with Crippen LogP contribution in [0, 0.1) is 0 Å². The normalized spacial score (nSPS) is 12.9. The van der Waals surface area contributed by atoms with Crippen LogP contribution in [0.15, 0.2) is 48.6 Å². The molecule has 0 radical (unpaired) electrons. The third kappa shape index (κ3) is 60.9. The van der Waals surface area contributed by atoms with Crippen molar-refractivity contribution in [2.24, 2.45) is 0 Å². The van der Waals surface area contributed by atoms with Crippen molar-refractivity contribution in [1.82, 2.24) is 5.32 Å². The minimum Gasteiger partial charge on any atom is -0.466 e. The highest BCUT2D eigenvalue weighted by molar-refractivity contribution is 5.76. The molecule has 0 aromatic rings. The van der Waals surface area contributed by atoms with Crippen LogP contribution in [-0.2, 0) is 14.3 Å². The Kier molecular flexibility index (Phi) is 62.5. The van der Waals surface area contributed by atoms with Crippen LogP contribution in [0.2, 0.25) is 0 Å². The number of esters is 1. The second kappa shape index (κ2) is 64.3. The third-order valence-electron chi connectivity index (χ3n) is 15.3. The number of aliphatic hydroxyl groups excluding tert-OH is 2. The second-order valence-corrected chi connectivity index (χ2v) is 22.8. The summed E-state index contributed by atoms with van der Waals surface area (Å²) in [5, 5.41) is 23.2. The van der Waals surface area contributed by atoms with Crippen molar-refractivity contribution in [3.05, 3.63) is 48.6 Å². The largest absolute Gasteiger partial charge is 0.466 e. The van der Waals surface area contributed by atoms with E-state index in [1.54, 1.807) is 6.08 Å². The van der Waals surface area contributed by atoms with E-state index in [1.165, 1.54) is 263 Å². The molecule has 0 fully saturated rings. The number of nitrogens with one attached hydrogen (secondary N) is 1. The van der Waals surface area contributed by atoms with Crippen molar-refractivity contribution < 1.29 is 24.5 Å². The molecule has 0 rings (SSSR count). The lowest BCUT2D eigenvalue weighted by atomic mass is 10.0. The maximum atomic E-state index is 12.5. The molecule has 3 N–H and O–H groups in total. The average molecular weight is 1050 g/mol. The van der Waals surface area contributed by atoms with Gasteiger partial charge in [0.1, 0.15) is 0 Å². The van der Waals surface area contributed by atoms with E-state index in [4.69, 9.17) is 4.74 Å². The lowest BCUT2D eigenvalue weighted by molar-refractivity contribution is -0.143. The summed E-state index contributed by atoms with van der Waals surface area (Å²) in [6, 6.07) is -0.638. The van der Waals surface area contributed by atoms with Gasteiger partial charge in [-0.1, -0.05) is 300 Å². The molecule has 0 bridgehead atoms. The molecular weight excluding hydrogens is 923 g/mol. The summed E-state index contributed by atoms with van der Waals surface area (Å²) < 4.78 is 5.47. The fraction of sp³-hybridized carbons (Fsp3) is 0.855. The molecule has 6 heteroatoms. The number of carbonyl (C=O) groups is 2. The maximum Gasteiger partial charge on any atom is 0.305 e. The van der Waals surface area contributed by atoms with Crippen molar-refractivity contribution >= 4 is 11.9 Å². The van der Waals surface area contributed by atoms with Crippen molar-refractivity contribution in [3.63, 3.8) is 0 Å². The van der Waals surface area contributed by atoms with Crippen LogP contribution < -0.4 is 5.32 Å². The molecule has 0 spiro atoms. The summed E-state index contributed by atoms with van der Waals surface area (Å²) in [5.41, 5.74) is 0. The Morgan fingerprint density at radius 3 is 1.05 bits per heavy atom. The standard InChI is InChI=1S/C69H129NO5/c1-3-5-7-9-11-13-15-17-19-20-21-22-23-24-25-27-30-34-37-41-45-49-53-57-61-67(72)66(65-71)70-68(73)62-58-54-50-46-42-38-35-31-28-26-29-32-36-40-44-48-52-56-60-64-75-69(74)63-59-55-51-47-43-39-33-18-16-14-12-10-8-6-4-2/h12,14,18,26,28,33,57,61,66-67,71-72H,3-11,13,15-17,19-25,27,29-32,34-56,58-60,62-65H2,1-2H3,(H,70,73)/b14-12-,28-26-,33-18-,61-57+. The molecule has 6 nitrogen and oxygen atoms in total. The van der Waals surface area contributed by atoms with Gasteiger partial charge in [0.25, 0.3) is 0 Å². The van der Waals surface area contributed by atoms with E-state index in [2.05, 4.69) is 55.6 Å². The van der Waals surface area contributed by atoms with E-state index in [1.807, 2.05) is 6.08 Å². The van der Waals surface area contributed by atoms with E-state index in [0.717, 1.165) is 64.2 Å². The van der Waals surface area contributed by atoms with Crippen LogP contribution in [0.1, 0.15) is 354 Å². The van der Waals surface area contributed by atoms with Crippen molar-refractivity contribution in [2.45, 2.75) is 366 Å². The summed E-state index contributed by atoms with van der Waals surface area (Å²) >= 11 is 0. The molecule has 440 valence electrons. The predicted molar refractivity (Wildman–Crippen MR) is 329 cm³/mol. The van der Waals surface area contributed by atoms with Crippen molar-refractivity contribution in [2.75, 3.05) is 13.2 Å². The van der Waals surface area contributed by atoms with Crippen LogP contribution in [0.3, 0.4) is 0 Å². The molecule has 0 saturated carbocycles. The average Bonchev–Trinajstić information content (AvgIpc) is 3.41. The monoisotopic (exact) mass is 1050 g/mol. The lowest BCUT2D eigenvalue weighted by Gasteiger charge is -2.20. The minimum absolute atomic E-state index is 0.0107. The highest BCUT2D eigenvalue weighted by Crippen LogP contribution is 2.17. The number of amides is 1. The fourth-order valence-corrected chi connectivity index (χ4v) is 10.2. The van der Waals surface area contributed by atoms with Gasteiger partial charge in [0.2, 0.25) is 5.91 Å². The van der Waals surface area contributed by atoms with Crippen LogP contribution in [0.5, 0.6) is 0 Å². The Labute approximate surface area is 467 Å². The van der Waals surface area contributed by atoms with Crippen LogP contribution >= 0.6 is 0 Å². The number of hydrogen-bond acceptors (Lipinski definition) is 5. The Balaban J connectivity index is 3.48. The molecule has 75 heavy (non-hydrogen) atoms. The van der Waals surface area contributed by atoms with E-state index >= 15 is 0 Å². The summed E-state index contributed by atoms with van der Waals surface area (Å²) in [4.78, 5) is 24.6. The van der Waals surface area contributed by atoms with Gasteiger partial charge in [0.05, 0.1) is 25.4 Å². The zero-order chi connectivity index (χ0) is 54.3. The number of aliphatic hydroxyl groups is 2. The first-order chi connectivity index (χ1) is 37.0. The van der Waals surface area contributed by atoms with Gasteiger partial charge in [-0.05, 0) is 89.9 Å². The zero-order valence-corrected chi connectivity index (χ0v) is 50.3. The molecule has 0 saturated heterocycles. The zero-order valence-electron chi connectivity index (χ0n) is 50.3. The summed E-state index contributed by atoms with van der Waals surface area (Å²) in [7, 11) is 0. The van der Waals surface area contributed by atoms with E-state index in [9.17, 15) is 19.8 Å². The van der Waals surface area contributed by atoms with E-state index in [-0.39, 0.29) is 18.5 Å². The van der Waals surface area contributed by atoms with Gasteiger partial charge in [-0.3, -0.25) is 9.59 Å². The summed E-state index contributed by atoms with van der Waals surface area (Å²) in [6.07, 6.45) is 83.0.